The number of hydrogen-bond acceptors (Lipinski definition) is 3. The topological polar surface area (TPSA) is 61.4 Å². The van der Waals surface area contributed by atoms with E-state index in [-0.39, 0.29) is 23.9 Å². The predicted octanol–water partition coefficient (Wildman–Crippen LogP) is 3.55. The first-order valence-corrected chi connectivity index (χ1v) is 8.09. The van der Waals surface area contributed by atoms with Crippen molar-refractivity contribution in [1.29, 1.82) is 0 Å². The van der Waals surface area contributed by atoms with Crippen LogP contribution in [0.1, 0.15) is 25.5 Å². The highest BCUT2D eigenvalue weighted by atomic mass is 19.1. The molecule has 5 nitrogen and oxygen atoms in total. The van der Waals surface area contributed by atoms with E-state index in [1.165, 1.54) is 6.92 Å². The normalized spacial score (nSPS) is 11.9. The standard InChI is InChI=1S/C19H21F2N3O2/c1-12(17-10-14(20)4-9-18(17)21)24(3)11-19(26)23-16-7-5-15(6-8-16)22-13(2)25/h4-10,12H,11H2,1-3H3,(H,22,25)(H,23,26). The molecule has 1 atom stereocenters. The van der Waals surface area contributed by atoms with E-state index in [4.69, 9.17) is 0 Å². The number of carbonyl (C=O) groups is 2. The van der Waals surface area contributed by atoms with E-state index < -0.39 is 17.7 Å². The summed E-state index contributed by atoms with van der Waals surface area (Å²) in [6, 6.07) is 9.47. The van der Waals surface area contributed by atoms with E-state index in [9.17, 15) is 18.4 Å². The molecule has 0 heterocycles. The van der Waals surface area contributed by atoms with Crippen molar-refractivity contribution < 1.29 is 18.4 Å². The highest BCUT2D eigenvalue weighted by Gasteiger charge is 2.18. The first-order chi connectivity index (χ1) is 12.3. The predicted molar refractivity (Wildman–Crippen MR) is 96.8 cm³/mol. The molecule has 0 aliphatic carbocycles. The van der Waals surface area contributed by atoms with Crippen LogP contribution in [0.5, 0.6) is 0 Å². The number of benzene rings is 2. The lowest BCUT2D eigenvalue weighted by Gasteiger charge is -2.25. The molecule has 1 unspecified atom stereocenters. The monoisotopic (exact) mass is 361 g/mol. The average Bonchev–Trinajstić information content (AvgIpc) is 2.57. The number of carbonyl (C=O) groups excluding carboxylic acids is 2. The van der Waals surface area contributed by atoms with Crippen LogP contribution in [0.3, 0.4) is 0 Å². The van der Waals surface area contributed by atoms with Crippen molar-refractivity contribution >= 4 is 23.2 Å². The summed E-state index contributed by atoms with van der Waals surface area (Å²) in [5.74, 6) is -1.50. The van der Waals surface area contributed by atoms with E-state index in [2.05, 4.69) is 10.6 Å². The zero-order valence-electron chi connectivity index (χ0n) is 14.8. The minimum Gasteiger partial charge on any atom is -0.326 e. The van der Waals surface area contributed by atoms with E-state index in [1.54, 1.807) is 43.1 Å². The second-order valence-electron chi connectivity index (χ2n) is 6.06. The highest BCUT2D eigenvalue weighted by Crippen LogP contribution is 2.22. The number of nitrogens with one attached hydrogen (secondary N) is 2. The number of likely N-dealkylation sites (N-methyl/N-ethyl adjacent to an activating group) is 1. The van der Waals surface area contributed by atoms with Crippen LogP contribution in [0.25, 0.3) is 0 Å². The van der Waals surface area contributed by atoms with Gasteiger partial charge in [0.25, 0.3) is 0 Å². The lowest BCUT2D eigenvalue weighted by atomic mass is 10.1. The van der Waals surface area contributed by atoms with Gasteiger partial charge < -0.3 is 10.6 Å². The Kier molecular flexibility index (Phi) is 6.41. The molecule has 0 spiro atoms. The SMILES string of the molecule is CC(=O)Nc1ccc(NC(=O)CN(C)C(C)c2cc(F)ccc2F)cc1. The van der Waals surface area contributed by atoms with Crippen LogP contribution in [-0.2, 0) is 9.59 Å². The molecule has 0 bridgehead atoms. The highest BCUT2D eigenvalue weighted by molar-refractivity contribution is 5.93. The summed E-state index contributed by atoms with van der Waals surface area (Å²) >= 11 is 0. The maximum absolute atomic E-state index is 13.9. The Morgan fingerprint density at radius 3 is 2.19 bits per heavy atom. The molecule has 0 radical (unpaired) electrons. The van der Waals surface area contributed by atoms with E-state index in [1.807, 2.05) is 0 Å². The molecule has 2 amide bonds. The quantitative estimate of drug-likeness (QED) is 0.827. The Hall–Kier alpha value is -2.80. The first-order valence-electron chi connectivity index (χ1n) is 8.09. The third-order valence-corrected chi connectivity index (χ3v) is 3.95. The van der Waals surface area contributed by atoms with Gasteiger partial charge in [0.1, 0.15) is 11.6 Å². The van der Waals surface area contributed by atoms with E-state index in [0.29, 0.717) is 11.4 Å². The smallest absolute Gasteiger partial charge is 0.238 e. The van der Waals surface area contributed by atoms with Crippen molar-refractivity contribution in [3.63, 3.8) is 0 Å². The molecular weight excluding hydrogens is 340 g/mol. The number of amides is 2. The second kappa shape index (κ2) is 8.53. The van der Waals surface area contributed by atoms with Crippen molar-refractivity contribution in [2.45, 2.75) is 19.9 Å². The van der Waals surface area contributed by atoms with Gasteiger partial charge in [-0.25, -0.2) is 8.78 Å². The van der Waals surface area contributed by atoms with Gasteiger partial charge in [-0.1, -0.05) is 0 Å². The van der Waals surface area contributed by atoms with Crippen LogP contribution >= 0.6 is 0 Å². The van der Waals surface area contributed by atoms with Gasteiger partial charge in [0.2, 0.25) is 11.8 Å². The number of anilines is 2. The minimum atomic E-state index is -0.523. The van der Waals surface area contributed by atoms with Gasteiger partial charge in [-0.05, 0) is 56.4 Å². The van der Waals surface area contributed by atoms with Crippen molar-refractivity contribution in [3.05, 3.63) is 59.7 Å². The number of halogens is 2. The van der Waals surface area contributed by atoms with Crippen LogP contribution in [0, 0.1) is 11.6 Å². The molecule has 0 aromatic heterocycles. The van der Waals surface area contributed by atoms with E-state index >= 15 is 0 Å². The average molecular weight is 361 g/mol. The number of hydrogen-bond donors (Lipinski definition) is 2. The van der Waals surface area contributed by atoms with Crippen molar-refractivity contribution in [2.75, 3.05) is 24.2 Å². The molecule has 2 aromatic rings. The lowest BCUT2D eigenvalue weighted by Crippen LogP contribution is -2.32. The van der Waals surface area contributed by atoms with Crippen LogP contribution < -0.4 is 10.6 Å². The summed E-state index contributed by atoms with van der Waals surface area (Å²) in [6.07, 6.45) is 0. The Balaban J connectivity index is 1.96. The Bertz CT molecular complexity index is 794. The third kappa shape index (κ3) is 5.35. The Morgan fingerprint density at radius 1 is 1.04 bits per heavy atom. The summed E-state index contributed by atoms with van der Waals surface area (Å²) in [7, 11) is 1.66. The van der Waals surface area contributed by atoms with Crippen LogP contribution in [0.2, 0.25) is 0 Å². The fourth-order valence-electron chi connectivity index (χ4n) is 2.48. The summed E-state index contributed by atoms with van der Waals surface area (Å²) in [6.45, 7) is 3.12. The molecule has 0 aliphatic heterocycles. The lowest BCUT2D eigenvalue weighted by molar-refractivity contribution is -0.117. The molecule has 0 saturated heterocycles. The Labute approximate surface area is 151 Å². The van der Waals surface area contributed by atoms with Crippen LogP contribution in [-0.4, -0.2) is 30.3 Å². The third-order valence-electron chi connectivity index (χ3n) is 3.95. The number of rotatable bonds is 6. The van der Waals surface area contributed by atoms with Gasteiger partial charge in [-0.15, -0.1) is 0 Å². The fraction of sp³-hybridized carbons (Fsp3) is 0.263. The molecule has 0 saturated carbocycles. The minimum absolute atomic E-state index is 0.00453. The maximum Gasteiger partial charge on any atom is 0.238 e. The van der Waals surface area contributed by atoms with Crippen molar-refractivity contribution in [3.8, 4) is 0 Å². The summed E-state index contributed by atoms with van der Waals surface area (Å²) in [4.78, 5) is 24.8. The summed E-state index contributed by atoms with van der Waals surface area (Å²) < 4.78 is 27.2. The zero-order chi connectivity index (χ0) is 19.3. The molecule has 2 aromatic carbocycles. The van der Waals surface area contributed by atoms with Crippen molar-refractivity contribution in [2.24, 2.45) is 0 Å². The Morgan fingerprint density at radius 2 is 1.62 bits per heavy atom. The van der Waals surface area contributed by atoms with Crippen LogP contribution in [0.15, 0.2) is 42.5 Å². The van der Waals surface area contributed by atoms with E-state index in [0.717, 1.165) is 18.2 Å². The van der Waals surface area contributed by atoms with Crippen LogP contribution in [0.4, 0.5) is 20.2 Å². The molecule has 26 heavy (non-hydrogen) atoms. The molecule has 0 aliphatic rings. The van der Waals surface area contributed by atoms with Gasteiger partial charge in [0, 0.05) is 29.9 Å². The van der Waals surface area contributed by atoms with Gasteiger partial charge in [-0.3, -0.25) is 14.5 Å². The van der Waals surface area contributed by atoms with Gasteiger partial charge in [0.15, 0.2) is 0 Å². The summed E-state index contributed by atoms with van der Waals surface area (Å²) in [5, 5.41) is 5.36. The second-order valence-corrected chi connectivity index (χ2v) is 6.06. The molecule has 2 N–H and O–H groups in total. The van der Waals surface area contributed by atoms with Gasteiger partial charge in [0.05, 0.1) is 6.54 Å². The molecule has 138 valence electrons. The molecule has 0 fully saturated rings. The van der Waals surface area contributed by atoms with Gasteiger partial charge in [-0.2, -0.15) is 0 Å². The molecular formula is C19H21F2N3O2. The molecule has 2 rings (SSSR count). The maximum atomic E-state index is 13.9. The van der Waals surface area contributed by atoms with Gasteiger partial charge >= 0.3 is 0 Å². The molecule has 7 heteroatoms. The zero-order valence-corrected chi connectivity index (χ0v) is 14.8. The number of nitrogens with zero attached hydrogens (tertiary/aromatic N) is 1. The largest absolute Gasteiger partial charge is 0.326 e. The fourth-order valence-corrected chi connectivity index (χ4v) is 2.48. The first kappa shape index (κ1) is 19.5. The summed E-state index contributed by atoms with van der Waals surface area (Å²) in [5.41, 5.74) is 1.39. The van der Waals surface area contributed by atoms with Crippen molar-refractivity contribution in [1.82, 2.24) is 4.90 Å².